The van der Waals surface area contributed by atoms with Crippen LogP contribution in [0.3, 0.4) is 0 Å². The molecular formula is C30H33ClN2O4. The first kappa shape index (κ1) is 24.6. The molecule has 37 heavy (non-hydrogen) atoms. The first-order valence-electron chi connectivity index (χ1n) is 13.6. The SMILES string of the molecule is O=C(CC(NC1CC1)(C(=O)O)C1c2ccccc2N[C@@H]2CCC[C@H]12)C(=O)C1CCc2cc(Cl)ccc2C1. The first-order chi connectivity index (χ1) is 17.9. The van der Waals surface area contributed by atoms with E-state index in [4.69, 9.17) is 11.6 Å². The lowest BCUT2D eigenvalue weighted by Crippen LogP contribution is -2.62. The van der Waals surface area contributed by atoms with Crippen molar-refractivity contribution >= 4 is 34.8 Å². The molecule has 2 aromatic carbocycles. The number of halogens is 1. The van der Waals surface area contributed by atoms with Gasteiger partial charge in [0.15, 0.2) is 0 Å². The van der Waals surface area contributed by atoms with Crippen LogP contribution in [0.2, 0.25) is 5.02 Å². The van der Waals surface area contributed by atoms with Crippen molar-refractivity contribution in [2.75, 3.05) is 5.32 Å². The normalized spacial score (nSPS) is 27.7. The zero-order chi connectivity index (χ0) is 25.7. The Morgan fingerprint density at radius 1 is 1.03 bits per heavy atom. The van der Waals surface area contributed by atoms with Gasteiger partial charge in [0, 0.05) is 41.1 Å². The minimum absolute atomic E-state index is 0.0622. The molecule has 6 nitrogen and oxygen atoms in total. The van der Waals surface area contributed by atoms with Crippen LogP contribution in [0.5, 0.6) is 0 Å². The van der Waals surface area contributed by atoms with Gasteiger partial charge in [0.2, 0.25) is 11.6 Å². The molecule has 0 aromatic heterocycles. The summed E-state index contributed by atoms with van der Waals surface area (Å²) in [5, 5.41) is 18.6. The average Bonchev–Trinajstić information content (AvgIpc) is 3.59. The highest BCUT2D eigenvalue weighted by Crippen LogP contribution is 2.52. The van der Waals surface area contributed by atoms with Crippen LogP contribution in [0, 0.1) is 11.8 Å². The van der Waals surface area contributed by atoms with E-state index < -0.39 is 29.0 Å². The van der Waals surface area contributed by atoms with Gasteiger partial charge in [-0.15, -0.1) is 0 Å². The van der Waals surface area contributed by atoms with Crippen molar-refractivity contribution in [2.45, 2.75) is 81.3 Å². The molecule has 194 valence electrons. The Bertz CT molecular complexity index is 1260. The summed E-state index contributed by atoms with van der Waals surface area (Å²) in [5.74, 6) is -2.75. The minimum Gasteiger partial charge on any atom is -0.480 e. The number of hydrogen-bond donors (Lipinski definition) is 3. The molecule has 2 fully saturated rings. The van der Waals surface area contributed by atoms with Gasteiger partial charge < -0.3 is 10.4 Å². The van der Waals surface area contributed by atoms with Gasteiger partial charge in [-0.05, 0) is 85.8 Å². The van der Waals surface area contributed by atoms with Crippen LogP contribution in [-0.4, -0.2) is 40.3 Å². The summed E-state index contributed by atoms with van der Waals surface area (Å²) in [7, 11) is 0. The fourth-order valence-electron chi connectivity index (χ4n) is 7.16. The van der Waals surface area contributed by atoms with E-state index in [1.807, 2.05) is 42.5 Å². The highest BCUT2D eigenvalue weighted by Gasteiger charge is 2.57. The van der Waals surface area contributed by atoms with Crippen molar-refractivity contribution in [3.05, 3.63) is 64.2 Å². The van der Waals surface area contributed by atoms with Gasteiger partial charge in [0.05, 0.1) is 0 Å². The molecule has 1 heterocycles. The summed E-state index contributed by atoms with van der Waals surface area (Å²) in [6, 6.07) is 13.8. The Morgan fingerprint density at radius 3 is 2.62 bits per heavy atom. The summed E-state index contributed by atoms with van der Waals surface area (Å²) in [6.45, 7) is 0. The second kappa shape index (κ2) is 9.55. The Labute approximate surface area is 222 Å². The fraction of sp³-hybridized carbons (Fsp3) is 0.500. The van der Waals surface area contributed by atoms with E-state index >= 15 is 0 Å². The zero-order valence-electron chi connectivity index (χ0n) is 20.8. The van der Waals surface area contributed by atoms with Crippen molar-refractivity contribution in [3.63, 3.8) is 0 Å². The molecule has 2 aromatic rings. The largest absolute Gasteiger partial charge is 0.480 e. The van der Waals surface area contributed by atoms with Crippen molar-refractivity contribution in [3.8, 4) is 0 Å². The maximum absolute atomic E-state index is 13.7. The van der Waals surface area contributed by atoms with E-state index in [1.54, 1.807) is 0 Å². The zero-order valence-corrected chi connectivity index (χ0v) is 21.6. The second-order valence-corrected chi connectivity index (χ2v) is 11.9. The molecular weight excluding hydrogens is 488 g/mol. The van der Waals surface area contributed by atoms with E-state index in [0.29, 0.717) is 24.3 Å². The molecule has 3 aliphatic carbocycles. The standard InChI is InChI=1S/C30H33ClN2O4/c31-20-11-10-17-14-19(9-8-18(17)15-20)28(35)26(34)16-30(29(36)37,33-21-12-13-21)27-22-4-1-2-6-24(22)32-25-7-3-5-23(25)27/h1-2,4,6,10-11,15,19,21,23,25,27,32-33H,3,5,7-9,12-14,16H2,(H,36,37)/t19?,23-,25+,27?,30?/m0/s1. The molecule has 1 aliphatic heterocycles. The highest BCUT2D eigenvalue weighted by molar-refractivity contribution is 6.38. The maximum Gasteiger partial charge on any atom is 0.325 e. The van der Waals surface area contributed by atoms with E-state index in [1.165, 1.54) is 0 Å². The number of carboxylic acid groups (broad SMARTS) is 1. The van der Waals surface area contributed by atoms with E-state index in [9.17, 15) is 19.5 Å². The average molecular weight is 521 g/mol. The number of fused-ring (bicyclic) bond motifs is 3. The van der Waals surface area contributed by atoms with Crippen LogP contribution in [0.25, 0.3) is 0 Å². The lowest BCUT2D eigenvalue weighted by atomic mass is 9.65. The van der Waals surface area contributed by atoms with Gasteiger partial charge in [-0.25, -0.2) is 0 Å². The van der Waals surface area contributed by atoms with Crippen LogP contribution in [-0.2, 0) is 27.2 Å². The number of hydrogen-bond acceptors (Lipinski definition) is 5. The Balaban J connectivity index is 1.33. The van der Waals surface area contributed by atoms with Crippen LogP contribution in [0.4, 0.5) is 5.69 Å². The van der Waals surface area contributed by atoms with Gasteiger partial charge in [0.1, 0.15) is 5.54 Å². The molecule has 2 saturated carbocycles. The van der Waals surface area contributed by atoms with Crippen LogP contribution >= 0.6 is 11.6 Å². The van der Waals surface area contributed by atoms with Crippen molar-refractivity contribution in [2.24, 2.45) is 11.8 Å². The molecule has 3 unspecified atom stereocenters. The Kier molecular flexibility index (Phi) is 6.36. The van der Waals surface area contributed by atoms with Gasteiger partial charge in [-0.3, -0.25) is 19.7 Å². The number of para-hydroxylation sites is 1. The molecule has 7 heteroatoms. The topological polar surface area (TPSA) is 95.5 Å². The molecule has 0 bridgehead atoms. The van der Waals surface area contributed by atoms with Crippen LogP contribution < -0.4 is 10.6 Å². The van der Waals surface area contributed by atoms with E-state index in [-0.39, 0.29) is 30.3 Å². The number of benzene rings is 2. The third-order valence-corrected chi connectivity index (χ3v) is 9.30. The molecule has 5 atom stereocenters. The van der Waals surface area contributed by atoms with E-state index in [0.717, 1.165) is 54.5 Å². The molecule has 0 amide bonds. The van der Waals surface area contributed by atoms with Crippen molar-refractivity contribution < 1.29 is 19.5 Å². The number of aryl methyl sites for hydroxylation is 1. The molecule has 3 N–H and O–H groups in total. The number of nitrogens with one attached hydrogen (secondary N) is 2. The lowest BCUT2D eigenvalue weighted by molar-refractivity contribution is -0.151. The predicted molar refractivity (Wildman–Crippen MR) is 142 cm³/mol. The first-order valence-corrected chi connectivity index (χ1v) is 13.9. The number of aliphatic carboxylic acids is 1. The van der Waals surface area contributed by atoms with Gasteiger partial charge >= 0.3 is 5.97 Å². The third kappa shape index (κ3) is 4.48. The van der Waals surface area contributed by atoms with Crippen molar-refractivity contribution in [1.29, 1.82) is 0 Å². The van der Waals surface area contributed by atoms with E-state index in [2.05, 4.69) is 10.6 Å². The maximum atomic E-state index is 13.7. The minimum atomic E-state index is -1.51. The van der Waals surface area contributed by atoms with Crippen LogP contribution in [0.15, 0.2) is 42.5 Å². The molecule has 6 rings (SSSR count). The third-order valence-electron chi connectivity index (χ3n) is 9.07. The summed E-state index contributed by atoms with van der Waals surface area (Å²) >= 11 is 6.13. The number of ketones is 2. The summed E-state index contributed by atoms with van der Waals surface area (Å²) in [4.78, 5) is 40.5. The summed E-state index contributed by atoms with van der Waals surface area (Å²) < 4.78 is 0. The Hall–Kier alpha value is -2.70. The number of carbonyl (C=O) groups excluding carboxylic acids is 2. The highest BCUT2D eigenvalue weighted by atomic mass is 35.5. The van der Waals surface area contributed by atoms with Gasteiger partial charge in [-0.2, -0.15) is 0 Å². The molecule has 0 radical (unpaired) electrons. The predicted octanol–water partition coefficient (Wildman–Crippen LogP) is 4.93. The number of Topliss-reactive ketones (excluding diaryl/α,β-unsaturated/α-hetero) is 2. The second-order valence-electron chi connectivity index (χ2n) is 11.4. The van der Waals surface area contributed by atoms with Gasteiger partial charge in [-0.1, -0.05) is 42.3 Å². The molecule has 0 saturated heterocycles. The lowest BCUT2D eigenvalue weighted by Gasteiger charge is -2.47. The smallest absolute Gasteiger partial charge is 0.325 e. The fourth-order valence-corrected chi connectivity index (χ4v) is 7.35. The Morgan fingerprint density at radius 2 is 1.84 bits per heavy atom. The number of carbonyl (C=O) groups is 3. The van der Waals surface area contributed by atoms with Crippen LogP contribution in [0.1, 0.15) is 67.6 Å². The number of anilines is 1. The van der Waals surface area contributed by atoms with Crippen molar-refractivity contribution in [1.82, 2.24) is 5.32 Å². The monoisotopic (exact) mass is 520 g/mol. The number of rotatable bonds is 8. The molecule has 4 aliphatic rings. The quantitative estimate of drug-likeness (QED) is 0.427. The molecule has 0 spiro atoms. The summed E-state index contributed by atoms with van der Waals surface area (Å²) in [6.07, 6.45) is 6.13. The van der Waals surface area contributed by atoms with Gasteiger partial charge in [0.25, 0.3) is 0 Å². The number of carboxylic acids is 1. The summed E-state index contributed by atoms with van der Waals surface area (Å²) in [5.41, 5.74) is 2.53.